The van der Waals surface area contributed by atoms with E-state index < -0.39 is 9.84 Å². The number of hydrogen-bond acceptors (Lipinski definition) is 5. The fraction of sp³-hybridized carbons (Fsp3) is 0.632. The van der Waals surface area contributed by atoms with Gasteiger partial charge in [-0.3, -0.25) is 9.69 Å². The fourth-order valence-corrected chi connectivity index (χ4v) is 7.08. The molecular formula is C19H25ClN2O4S. The van der Waals surface area contributed by atoms with Gasteiger partial charge in [0.05, 0.1) is 36.2 Å². The molecule has 1 aliphatic carbocycles. The Labute approximate surface area is 165 Å². The van der Waals surface area contributed by atoms with Crippen LogP contribution in [0.15, 0.2) is 18.2 Å². The minimum Gasteiger partial charge on any atom is -0.495 e. The lowest BCUT2D eigenvalue weighted by Crippen LogP contribution is -2.64. The van der Waals surface area contributed by atoms with E-state index in [0.29, 0.717) is 22.5 Å². The Morgan fingerprint density at radius 3 is 2.48 bits per heavy atom. The van der Waals surface area contributed by atoms with E-state index in [-0.39, 0.29) is 36.0 Å². The summed E-state index contributed by atoms with van der Waals surface area (Å²) in [4.78, 5) is 16.9. The highest BCUT2D eigenvalue weighted by atomic mass is 35.5. The summed E-state index contributed by atoms with van der Waals surface area (Å²) in [5.74, 6) is 0.613. The quantitative estimate of drug-likeness (QED) is 0.763. The highest BCUT2D eigenvalue weighted by Crippen LogP contribution is 2.37. The highest BCUT2D eigenvalue weighted by Gasteiger charge is 2.51. The number of nitrogens with zero attached hydrogens (tertiary/aromatic N) is 2. The molecule has 8 heteroatoms. The van der Waals surface area contributed by atoms with Crippen molar-refractivity contribution in [3.05, 3.63) is 23.2 Å². The molecule has 1 saturated carbocycles. The number of hydrogen-bond donors (Lipinski definition) is 0. The van der Waals surface area contributed by atoms with Crippen LogP contribution in [0.1, 0.15) is 32.1 Å². The number of rotatable bonds is 3. The molecule has 3 fully saturated rings. The third-order valence-corrected chi connectivity index (χ3v) is 8.09. The maximum absolute atomic E-state index is 13.1. The number of sulfone groups is 1. The van der Waals surface area contributed by atoms with Crippen molar-refractivity contribution in [2.24, 2.45) is 0 Å². The molecule has 2 atom stereocenters. The molecule has 1 aromatic carbocycles. The van der Waals surface area contributed by atoms with Crippen molar-refractivity contribution in [1.29, 1.82) is 0 Å². The van der Waals surface area contributed by atoms with Crippen molar-refractivity contribution < 1.29 is 17.9 Å². The van der Waals surface area contributed by atoms with Gasteiger partial charge in [0.1, 0.15) is 5.75 Å². The van der Waals surface area contributed by atoms with Crippen molar-refractivity contribution in [3.63, 3.8) is 0 Å². The first-order valence-electron chi connectivity index (χ1n) is 9.51. The van der Waals surface area contributed by atoms with Crippen LogP contribution in [0.3, 0.4) is 0 Å². The van der Waals surface area contributed by atoms with Crippen molar-refractivity contribution in [3.8, 4) is 5.75 Å². The monoisotopic (exact) mass is 412 g/mol. The van der Waals surface area contributed by atoms with E-state index in [9.17, 15) is 13.2 Å². The zero-order valence-electron chi connectivity index (χ0n) is 15.4. The first kappa shape index (κ1) is 19.0. The van der Waals surface area contributed by atoms with Crippen LogP contribution in [-0.4, -0.2) is 62.5 Å². The molecule has 0 aromatic heterocycles. The first-order valence-corrected chi connectivity index (χ1v) is 11.7. The van der Waals surface area contributed by atoms with Gasteiger partial charge in [0.2, 0.25) is 5.91 Å². The molecule has 3 aliphatic rings. The number of anilines is 1. The Balaban J connectivity index is 1.68. The SMILES string of the molecule is COc1ccc(N2C(=O)CN(C3CCCCC3)[C@@H]3CS(=O)(=O)C[C@@H]32)cc1Cl. The van der Waals surface area contributed by atoms with E-state index in [2.05, 4.69) is 4.90 Å². The van der Waals surface area contributed by atoms with Gasteiger partial charge in [0.15, 0.2) is 9.84 Å². The van der Waals surface area contributed by atoms with Crippen LogP contribution in [0, 0.1) is 0 Å². The van der Waals surface area contributed by atoms with E-state index in [1.807, 2.05) is 0 Å². The Hall–Kier alpha value is -1.31. The number of ether oxygens (including phenoxy) is 1. The number of methoxy groups -OCH3 is 1. The van der Waals surface area contributed by atoms with Gasteiger partial charge in [0, 0.05) is 17.8 Å². The number of carbonyl (C=O) groups is 1. The van der Waals surface area contributed by atoms with Gasteiger partial charge in [-0.25, -0.2) is 8.42 Å². The van der Waals surface area contributed by atoms with Gasteiger partial charge in [-0.05, 0) is 31.0 Å². The second-order valence-electron chi connectivity index (χ2n) is 7.76. The Morgan fingerprint density at radius 2 is 1.81 bits per heavy atom. The molecule has 0 unspecified atom stereocenters. The predicted octanol–water partition coefficient (Wildman–Crippen LogP) is 2.50. The van der Waals surface area contributed by atoms with Crippen LogP contribution in [0.4, 0.5) is 5.69 Å². The number of amides is 1. The first-order chi connectivity index (χ1) is 12.9. The highest BCUT2D eigenvalue weighted by molar-refractivity contribution is 7.91. The predicted molar refractivity (Wildman–Crippen MR) is 105 cm³/mol. The molecule has 4 rings (SSSR count). The number of benzene rings is 1. The second kappa shape index (κ2) is 7.26. The molecule has 1 amide bonds. The molecule has 2 aliphatic heterocycles. The maximum Gasteiger partial charge on any atom is 0.241 e. The fourth-order valence-electron chi connectivity index (χ4n) is 4.86. The number of halogens is 1. The second-order valence-corrected chi connectivity index (χ2v) is 10.3. The summed E-state index contributed by atoms with van der Waals surface area (Å²) in [7, 11) is -1.64. The minimum atomic E-state index is -3.18. The standard InChI is InChI=1S/C19H25ClN2O4S/c1-26-18-8-7-14(9-15(18)20)22-17-12-27(24,25)11-16(17)21(10-19(22)23)13-5-3-2-4-6-13/h7-9,13,16-17H,2-6,10-12H2,1H3/t16-,17+/m1/s1. The van der Waals surface area contributed by atoms with Crippen LogP contribution < -0.4 is 9.64 Å². The zero-order valence-corrected chi connectivity index (χ0v) is 17.0. The van der Waals surface area contributed by atoms with Crippen LogP contribution >= 0.6 is 11.6 Å². The summed E-state index contributed by atoms with van der Waals surface area (Å²) in [6, 6.07) is 5.00. The molecule has 27 heavy (non-hydrogen) atoms. The molecular weight excluding hydrogens is 388 g/mol. The van der Waals surface area contributed by atoms with Gasteiger partial charge in [-0.15, -0.1) is 0 Å². The van der Waals surface area contributed by atoms with E-state index in [1.54, 1.807) is 23.1 Å². The van der Waals surface area contributed by atoms with Crippen molar-refractivity contribution in [2.45, 2.75) is 50.2 Å². The molecule has 0 bridgehead atoms. The van der Waals surface area contributed by atoms with Gasteiger partial charge in [-0.2, -0.15) is 0 Å². The largest absolute Gasteiger partial charge is 0.495 e. The summed E-state index contributed by atoms with van der Waals surface area (Å²) in [6.07, 6.45) is 5.62. The van der Waals surface area contributed by atoms with Crippen LogP contribution in [0.25, 0.3) is 0 Å². The van der Waals surface area contributed by atoms with E-state index in [4.69, 9.17) is 16.3 Å². The van der Waals surface area contributed by atoms with Crippen molar-refractivity contribution in [2.75, 3.05) is 30.1 Å². The number of carbonyl (C=O) groups excluding carboxylic acids is 1. The molecule has 2 heterocycles. The van der Waals surface area contributed by atoms with Crippen molar-refractivity contribution >= 4 is 33.0 Å². The summed E-state index contributed by atoms with van der Waals surface area (Å²) in [5, 5.41) is 0.412. The molecule has 148 valence electrons. The summed E-state index contributed by atoms with van der Waals surface area (Å²) in [5.41, 5.74) is 0.640. The molecule has 1 aromatic rings. The summed E-state index contributed by atoms with van der Waals surface area (Å²) in [6.45, 7) is 0.269. The Kier molecular flexibility index (Phi) is 5.12. The van der Waals surface area contributed by atoms with E-state index in [1.165, 1.54) is 13.5 Å². The van der Waals surface area contributed by atoms with E-state index >= 15 is 0 Å². The molecule has 2 saturated heterocycles. The van der Waals surface area contributed by atoms with Crippen molar-refractivity contribution in [1.82, 2.24) is 4.90 Å². The lowest BCUT2D eigenvalue weighted by Gasteiger charge is -2.47. The molecule has 6 nitrogen and oxygen atoms in total. The normalized spacial score (nSPS) is 29.0. The third kappa shape index (κ3) is 3.57. The zero-order chi connectivity index (χ0) is 19.2. The minimum absolute atomic E-state index is 0.0102. The van der Waals surface area contributed by atoms with Crippen LogP contribution in [-0.2, 0) is 14.6 Å². The topological polar surface area (TPSA) is 66.9 Å². The molecule has 0 spiro atoms. The smallest absolute Gasteiger partial charge is 0.241 e. The van der Waals surface area contributed by atoms with E-state index in [0.717, 1.165) is 25.7 Å². The number of piperazine rings is 1. The Bertz CT molecular complexity index is 838. The van der Waals surface area contributed by atoms with Gasteiger partial charge in [-0.1, -0.05) is 30.9 Å². The van der Waals surface area contributed by atoms with Gasteiger partial charge in [0.25, 0.3) is 0 Å². The van der Waals surface area contributed by atoms with Gasteiger partial charge >= 0.3 is 0 Å². The summed E-state index contributed by atoms with van der Waals surface area (Å²) < 4.78 is 30.1. The average Bonchev–Trinajstić information content (AvgIpc) is 2.96. The molecule has 0 radical (unpaired) electrons. The lowest BCUT2D eigenvalue weighted by molar-refractivity contribution is -0.124. The number of fused-ring (bicyclic) bond motifs is 1. The Morgan fingerprint density at radius 1 is 1.11 bits per heavy atom. The van der Waals surface area contributed by atoms with Gasteiger partial charge < -0.3 is 9.64 Å². The van der Waals surface area contributed by atoms with Crippen LogP contribution in [0.5, 0.6) is 5.75 Å². The maximum atomic E-state index is 13.1. The third-order valence-electron chi connectivity index (χ3n) is 6.09. The lowest BCUT2D eigenvalue weighted by atomic mass is 9.91. The average molecular weight is 413 g/mol. The van der Waals surface area contributed by atoms with Crippen LogP contribution in [0.2, 0.25) is 5.02 Å². The molecule has 0 N–H and O–H groups in total. The summed E-state index contributed by atoms with van der Waals surface area (Å²) >= 11 is 6.25.